The van der Waals surface area contributed by atoms with Crippen LogP contribution in [-0.2, 0) is 10.3 Å². The molecule has 1 amide bonds. The third-order valence-electron chi connectivity index (χ3n) is 3.31. The fraction of sp³-hybridized carbons (Fsp3) is 0.533. The molecule has 1 fully saturated rings. The number of carbonyl (C=O) groups excluding carboxylic acids is 1. The van der Waals surface area contributed by atoms with Crippen LogP contribution in [0.25, 0.3) is 0 Å². The van der Waals surface area contributed by atoms with Gasteiger partial charge in [0.1, 0.15) is 22.8 Å². The number of likely N-dealkylation sites (tertiary alicyclic amines) is 1. The third kappa shape index (κ3) is 3.00. The maximum absolute atomic E-state index is 14.0. The summed E-state index contributed by atoms with van der Waals surface area (Å²) < 4.78 is 33.0. The van der Waals surface area contributed by atoms with Gasteiger partial charge in [0.25, 0.3) is 0 Å². The Bertz CT molecular complexity index is 575. The standard InChI is InChI=1S/C15H19F2NO3/c1-9-5-6-10(16)11(12(9)17)15(20)7-18(8-15)13(19)21-14(2,3)4/h5-6,20H,7-8H2,1-4H3. The fourth-order valence-corrected chi connectivity index (χ4v) is 2.28. The molecule has 0 spiro atoms. The maximum Gasteiger partial charge on any atom is 0.410 e. The topological polar surface area (TPSA) is 49.8 Å². The number of aryl methyl sites for hydroxylation is 1. The summed E-state index contributed by atoms with van der Waals surface area (Å²) in [6.07, 6.45) is -0.611. The van der Waals surface area contributed by atoms with Crippen LogP contribution in [0.2, 0.25) is 0 Å². The maximum atomic E-state index is 14.0. The van der Waals surface area contributed by atoms with Crippen molar-refractivity contribution in [2.45, 2.75) is 38.9 Å². The summed E-state index contributed by atoms with van der Waals surface area (Å²) in [4.78, 5) is 13.0. The summed E-state index contributed by atoms with van der Waals surface area (Å²) in [5, 5.41) is 10.4. The normalized spacial score (nSPS) is 17.4. The van der Waals surface area contributed by atoms with E-state index >= 15 is 0 Å². The molecule has 4 nitrogen and oxygen atoms in total. The van der Waals surface area contributed by atoms with Crippen LogP contribution in [0.4, 0.5) is 13.6 Å². The number of hydrogen-bond acceptors (Lipinski definition) is 3. The van der Waals surface area contributed by atoms with E-state index in [1.54, 1.807) is 20.8 Å². The van der Waals surface area contributed by atoms with Gasteiger partial charge in [-0.25, -0.2) is 13.6 Å². The Morgan fingerprint density at radius 3 is 2.43 bits per heavy atom. The summed E-state index contributed by atoms with van der Waals surface area (Å²) in [6.45, 7) is 6.26. The van der Waals surface area contributed by atoms with E-state index in [0.29, 0.717) is 0 Å². The van der Waals surface area contributed by atoms with E-state index in [2.05, 4.69) is 0 Å². The number of β-amino-alcohol motifs (C(OH)–C–C–N with tert-alkyl or cyclic N) is 1. The zero-order chi connectivity index (χ0) is 16.0. The number of aliphatic hydroxyl groups is 1. The first-order chi connectivity index (χ1) is 9.53. The van der Waals surface area contributed by atoms with Crippen molar-refractivity contribution in [2.24, 2.45) is 0 Å². The summed E-state index contributed by atoms with van der Waals surface area (Å²) >= 11 is 0. The Hall–Kier alpha value is -1.69. The fourth-order valence-electron chi connectivity index (χ4n) is 2.28. The Morgan fingerprint density at radius 1 is 1.33 bits per heavy atom. The van der Waals surface area contributed by atoms with Crippen LogP contribution in [0, 0.1) is 18.6 Å². The van der Waals surface area contributed by atoms with Gasteiger partial charge in [-0.1, -0.05) is 6.07 Å². The van der Waals surface area contributed by atoms with Crippen LogP contribution >= 0.6 is 0 Å². The van der Waals surface area contributed by atoms with Crippen molar-refractivity contribution < 1.29 is 23.4 Å². The largest absolute Gasteiger partial charge is 0.444 e. The molecule has 0 unspecified atom stereocenters. The van der Waals surface area contributed by atoms with E-state index < -0.39 is 28.9 Å². The molecule has 0 saturated carbocycles. The zero-order valence-corrected chi connectivity index (χ0v) is 12.5. The van der Waals surface area contributed by atoms with E-state index in [4.69, 9.17) is 4.74 Å². The second-order valence-corrected chi connectivity index (χ2v) is 6.42. The molecular weight excluding hydrogens is 280 g/mol. The van der Waals surface area contributed by atoms with E-state index in [0.717, 1.165) is 6.07 Å². The van der Waals surface area contributed by atoms with Crippen molar-refractivity contribution >= 4 is 6.09 Å². The predicted octanol–water partition coefficient (Wildman–Crippen LogP) is 2.71. The Labute approximate surface area is 122 Å². The zero-order valence-electron chi connectivity index (χ0n) is 12.5. The van der Waals surface area contributed by atoms with Gasteiger partial charge in [0.15, 0.2) is 0 Å². The minimum Gasteiger partial charge on any atom is -0.444 e. The van der Waals surface area contributed by atoms with Gasteiger partial charge in [-0.3, -0.25) is 0 Å². The number of amides is 1. The number of nitrogens with zero attached hydrogens (tertiary/aromatic N) is 1. The van der Waals surface area contributed by atoms with Crippen LogP contribution in [0.1, 0.15) is 31.9 Å². The number of ether oxygens (including phenoxy) is 1. The van der Waals surface area contributed by atoms with E-state index in [9.17, 15) is 18.7 Å². The smallest absolute Gasteiger partial charge is 0.410 e. The van der Waals surface area contributed by atoms with Gasteiger partial charge in [-0.2, -0.15) is 0 Å². The van der Waals surface area contributed by atoms with E-state index in [1.807, 2.05) is 0 Å². The lowest BCUT2D eigenvalue weighted by molar-refractivity contribution is -0.107. The first-order valence-electron chi connectivity index (χ1n) is 6.69. The first kappa shape index (κ1) is 15.7. The highest BCUT2D eigenvalue weighted by Crippen LogP contribution is 2.36. The highest BCUT2D eigenvalue weighted by atomic mass is 19.1. The van der Waals surface area contributed by atoms with Gasteiger partial charge < -0.3 is 14.7 Å². The molecule has 1 aromatic rings. The number of rotatable bonds is 1. The monoisotopic (exact) mass is 299 g/mol. The molecule has 1 aromatic carbocycles. The van der Waals surface area contributed by atoms with Gasteiger partial charge in [0, 0.05) is 0 Å². The minimum absolute atomic E-state index is 0.195. The van der Waals surface area contributed by atoms with Crippen molar-refractivity contribution in [3.05, 3.63) is 34.9 Å². The van der Waals surface area contributed by atoms with Crippen molar-refractivity contribution in [1.82, 2.24) is 4.90 Å². The Balaban J connectivity index is 2.16. The highest BCUT2D eigenvalue weighted by Gasteiger charge is 2.49. The number of carbonyl (C=O) groups is 1. The molecule has 0 aromatic heterocycles. The molecule has 0 atom stereocenters. The molecule has 1 saturated heterocycles. The molecule has 1 N–H and O–H groups in total. The molecule has 21 heavy (non-hydrogen) atoms. The number of hydrogen-bond donors (Lipinski definition) is 1. The summed E-state index contributed by atoms with van der Waals surface area (Å²) in [7, 11) is 0. The third-order valence-corrected chi connectivity index (χ3v) is 3.31. The summed E-state index contributed by atoms with van der Waals surface area (Å²) in [5.41, 5.74) is -2.51. The Kier molecular flexibility index (Phi) is 3.70. The van der Waals surface area contributed by atoms with Crippen LogP contribution in [0.15, 0.2) is 12.1 Å². The van der Waals surface area contributed by atoms with Crippen molar-refractivity contribution in [3.63, 3.8) is 0 Å². The molecule has 0 bridgehead atoms. The molecular formula is C15H19F2NO3. The van der Waals surface area contributed by atoms with Crippen LogP contribution in [0.5, 0.6) is 0 Å². The quantitative estimate of drug-likeness (QED) is 0.867. The van der Waals surface area contributed by atoms with Crippen molar-refractivity contribution in [1.29, 1.82) is 0 Å². The first-order valence-corrected chi connectivity index (χ1v) is 6.69. The molecule has 1 aliphatic heterocycles. The molecule has 6 heteroatoms. The van der Waals surface area contributed by atoms with Gasteiger partial charge in [-0.15, -0.1) is 0 Å². The molecule has 2 rings (SSSR count). The van der Waals surface area contributed by atoms with Crippen molar-refractivity contribution in [2.75, 3.05) is 13.1 Å². The molecule has 0 radical (unpaired) electrons. The molecule has 116 valence electrons. The van der Waals surface area contributed by atoms with E-state index in [-0.39, 0.29) is 24.2 Å². The van der Waals surface area contributed by atoms with Gasteiger partial charge in [-0.05, 0) is 39.3 Å². The number of benzene rings is 1. The van der Waals surface area contributed by atoms with E-state index in [1.165, 1.54) is 17.9 Å². The lowest BCUT2D eigenvalue weighted by atomic mass is 9.84. The summed E-state index contributed by atoms with van der Waals surface area (Å²) in [6, 6.07) is 2.42. The number of halogens is 2. The Morgan fingerprint density at radius 2 is 1.90 bits per heavy atom. The predicted molar refractivity (Wildman–Crippen MR) is 72.8 cm³/mol. The molecule has 0 aliphatic carbocycles. The average molecular weight is 299 g/mol. The van der Waals surface area contributed by atoms with Gasteiger partial charge >= 0.3 is 6.09 Å². The summed E-state index contributed by atoms with van der Waals surface area (Å²) in [5.74, 6) is -1.59. The lowest BCUT2D eigenvalue weighted by Gasteiger charge is -2.46. The SMILES string of the molecule is Cc1ccc(F)c(C2(O)CN(C(=O)OC(C)(C)C)C2)c1F. The molecule has 1 aliphatic rings. The minimum atomic E-state index is -1.71. The lowest BCUT2D eigenvalue weighted by Crippen LogP contribution is -2.62. The van der Waals surface area contributed by atoms with Gasteiger partial charge in [0.05, 0.1) is 18.7 Å². The van der Waals surface area contributed by atoms with Crippen LogP contribution < -0.4 is 0 Å². The van der Waals surface area contributed by atoms with Gasteiger partial charge in [0.2, 0.25) is 0 Å². The highest BCUT2D eigenvalue weighted by molar-refractivity contribution is 5.70. The van der Waals surface area contributed by atoms with Crippen molar-refractivity contribution in [3.8, 4) is 0 Å². The molecule has 1 heterocycles. The second kappa shape index (κ2) is 4.94. The van der Waals surface area contributed by atoms with Crippen LogP contribution in [0.3, 0.4) is 0 Å². The second-order valence-electron chi connectivity index (χ2n) is 6.42. The van der Waals surface area contributed by atoms with Crippen LogP contribution in [-0.4, -0.2) is 34.8 Å². The average Bonchev–Trinajstić information content (AvgIpc) is 2.28.